The number of rotatable bonds is 10. The molecule has 0 radical (unpaired) electrons. The summed E-state index contributed by atoms with van der Waals surface area (Å²) >= 11 is 0. The fourth-order valence-electron chi connectivity index (χ4n) is 4.86. The van der Waals surface area contributed by atoms with Crippen LogP contribution in [0.5, 0.6) is 11.8 Å². The maximum absolute atomic E-state index is 13.1. The summed E-state index contributed by atoms with van der Waals surface area (Å²) < 4.78 is 10.1. The van der Waals surface area contributed by atoms with E-state index in [0.29, 0.717) is 42.8 Å². The number of amides is 1. The smallest absolute Gasteiger partial charge is 0.316 e. The molecule has 43 heavy (non-hydrogen) atoms. The van der Waals surface area contributed by atoms with Crippen molar-refractivity contribution in [3.8, 4) is 34.4 Å². The Bertz CT molecular complexity index is 1540. The lowest BCUT2D eigenvalue weighted by molar-refractivity contribution is -0.323. The summed E-state index contributed by atoms with van der Waals surface area (Å²) in [6, 6.07) is -0.0326. The quantitative estimate of drug-likeness (QED) is 0.136. The number of nitrogens with zero attached hydrogens (tertiary/aromatic N) is 8. The van der Waals surface area contributed by atoms with E-state index in [9.17, 15) is 25.2 Å². The highest BCUT2D eigenvalue weighted by molar-refractivity contribution is 5.94. The highest BCUT2D eigenvalue weighted by Gasteiger charge is 2.33. The predicted molar refractivity (Wildman–Crippen MR) is 148 cm³/mol. The van der Waals surface area contributed by atoms with Gasteiger partial charge in [0.1, 0.15) is 12.3 Å². The second-order valence-electron chi connectivity index (χ2n) is 9.78. The number of methoxy groups -OCH3 is 2. The van der Waals surface area contributed by atoms with Crippen LogP contribution in [-0.4, -0.2) is 99.3 Å². The Balaban J connectivity index is 1.29. The van der Waals surface area contributed by atoms with Crippen LogP contribution in [0.2, 0.25) is 0 Å². The van der Waals surface area contributed by atoms with Crippen LogP contribution in [0.15, 0.2) is 37.2 Å². The molecule has 5 rings (SSSR count). The normalized spacial score (nSPS) is 17.0. The van der Waals surface area contributed by atoms with Crippen molar-refractivity contribution in [1.29, 1.82) is 0 Å². The molecule has 1 fully saturated rings. The van der Waals surface area contributed by atoms with E-state index in [0.717, 1.165) is 6.20 Å². The third-order valence-electron chi connectivity index (χ3n) is 6.92. The third-order valence-corrected chi connectivity index (χ3v) is 6.92. The van der Waals surface area contributed by atoms with Crippen LogP contribution in [0.4, 0.5) is 11.8 Å². The van der Waals surface area contributed by atoms with Crippen LogP contribution in [0, 0.1) is 0 Å². The molecule has 4 aromatic heterocycles. The summed E-state index contributed by atoms with van der Waals surface area (Å²) in [4.78, 5) is 40.2. The van der Waals surface area contributed by atoms with Gasteiger partial charge in [-0.15, -0.1) is 0 Å². The standard InChI is InChI=1S/C26H30N10O7/c1-42-13-21(38)36(20-12-27-18(10-28-20)14-7-30-25(43-2)31-8-14)16-5-3-15(4-6-16)33-24-29-9-17(26(39,40)41)22(34-24)23-19(37)11-32-35-23/h7-12,15-16,37,39-41H,3-6,13H2,1-2H3,(H,32,35)(H,29,33,34)/t15-,16-. The fourth-order valence-corrected chi connectivity index (χ4v) is 4.86. The van der Waals surface area contributed by atoms with Crippen molar-refractivity contribution in [3.05, 3.63) is 42.7 Å². The molecule has 17 nitrogen and oxygen atoms in total. The molecule has 1 aliphatic rings. The van der Waals surface area contributed by atoms with Gasteiger partial charge in [0.2, 0.25) is 5.95 Å². The number of ether oxygens (including phenoxy) is 2. The maximum Gasteiger partial charge on any atom is 0.316 e. The molecule has 6 N–H and O–H groups in total. The van der Waals surface area contributed by atoms with Gasteiger partial charge >= 0.3 is 12.0 Å². The summed E-state index contributed by atoms with van der Waals surface area (Å²) in [5.74, 6) is -3.29. The summed E-state index contributed by atoms with van der Waals surface area (Å²) in [5, 5.41) is 48.9. The Morgan fingerprint density at radius 1 is 1.00 bits per heavy atom. The second-order valence-corrected chi connectivity index (χ2v) is 9.78. The zero-order chi connectivity index (χ0) is 30.6. The molecule has 0 aliphatic heterocycles. The number of H-pyrrole nitrogens is 1. The van der Waals surface area contributed by atoms with Gasteiger partial charge in [0, 0.05) is 43.3 Å². The first-order chi connectivity index (χ1) is 20.7. The second kappa shape index (κ2) is 12.6. The van der Waals surface area contributed by atoms with E-state index in [4.69, 9.17) is 9.47 Å². The molecule has 4 aromatic rings. The molecule has 226 valence electrons. The van der Waals surface area contributed by atoms with Gasteiger partial charge in [0.05, 0.1) is 37.0 Å². The first-order valence-electron chi connectivity index (χ1n) is 13.2. The van der Waals surface area contributed by atoms with Crippen molar-refractivity contribution in [2.45, 2.75) is 43.7 Å². The molecule has 17 heteroatoms. The Morgan fingerprint density at radius 3 is 2.33 bits per heavy atom. The molecule has 0 unspecified atom stereocenters. The number of aliphatic hydroxyl groups is 3. The Hall–Kier alpha value is -4.84. The lowest BCUT2D eigenvalue weighted by Crippen LogP contribution is -2.46. The number of aromatic nitrogens is 8. The Morgan fingerprint density at radius 2 is 1.74 bits per heavy atom. The predicted octanol–water partition coefficient (Wildman–Crippen LogP) is 0.318. The molecule has 0 atom stereocenters. The van der Waals surface area contributed by atoms with Gasteiger partial charge in [-0.1, -0.05) is 0 Å². The third kappa shape index (κ3) is 6.64. The molecular formula is C26H30N10O7. The maximum atomic E-state index is 13.1. The molecule has 0 saturated heterocycles. The van der Waals surface area contributed by atoms with Crippen molar-refractivity contribution < 1.29 is 34.7 Å². The zero-order valence-corrected chi connectivity index (χ0v) is 23.2. The van der Waals surface area contributed by atoms with Crippen molar-refractivity contribution in [2.75, 3.05) is 31.0 Å². The number of anilines is 2. The highest BCUT2D eigenvalue weighted by atomic mass is 16.7. The lowest BCUT2D eigenvalue weighted by atomic mass is 9.90. The lowest BCUT2D eigenvalue weighted by Gasteiger charge is -2.36. The molecule has 0 aromatic carbocycles. The van der Waals surface area contributed by atoms with Crippen LogP contribution < -0.4 is 15.0 Å². The van der Waals surface area contributed by atoms with Crippen LogP contribution in [0.3, 0.4) is 0 Å². The number of carbonyl (C=O) groups is 1. The van der Waals surface area contributed by atoms with Gasteiger partial charge in [0.25, 0.3) is 5.91 Å². The van der Waals surface area contributed by atoms with E-state index in [2.05, 4.69) is 45.4 Å². The van der Waals surface area contributed by atoms with Crippen LogP contribution in [-0.2, 0) is 15.5 Å². The number of hydrogen-bond acceptors (Lipinski definition) is 15. The fraction of sp³-hybridized carbons (Fsp3) is 0.385. The van der Waals surface area contributed by atoms with Gasteiger partial charge < -0.3 is 35.2 Å². The Labute approximate surface area is 244 Å². The van der Waals surface area contributed by atoms with Crippen LogP contribution in [0.1, 0.15) is 31.2 Å². The topological polar surface area (TPSA) is 238 Å². The average molecular weight is 595 g/mol. The van der Waals surface area contributed by atoms with E-state index >= 15 is 0 Å². The summed E-state index contributed by atoms with van der Waals surface area (Å²) in [7, 11) is 2.93. The SMILES string of the molecule is COCC(=O)N(c1cnc(-c2cnc(OC)nc2)cn1)[C@H]1CC[C@H](Nc2ncc(C(O)(O)O)c(-c3n[nH]cc3O)n2)CC1. The molecule has 1 aliphatic carbocycles. The van der Waals surface area contributed by atoms with E-state index in [1.165, 1.54) is 26.6 Å². The van der Waals surface area contributed by atoms with Gasteiger partial charge in [-0.25, -0.2) is 24.9 Å². The number of hydrogen-bond donors (Lipinski definition) is 6. The Kier molecular flexibility index (Phi) is 8.67. The molecule has 0 bridgehead atoms. The van der Waals surface area contributed by atoms with Crippen molar-refractivity contribution in [2.24, 2.45) is 0 Å². The molecule has 1 saturated carbocycles. The van der Waals surface area contributed by atoms with Gasteiger partial charge in [0.15, 0.2) is 17.3 Å². The molecule has 4 heterocycles. The minimum atomic E-state index is -3.25. The monoisotopic (exact) mass is 594 g/mol. The van der Waals surface area contributed by atoms with Crippen molar-refractivity contribution in [3.63, 3.8) is 0 Å². The van der Waals surface area contributed by atoms with Crippen LogP contribution in [0.25, 0.3) is 22.6 Å². The van der Waals surface area contributed by atoms with Crippen molar-refractivity contribution in [1.82, 2.24) is 40.1 Å². The number of aromatic hydroxyl groups is 1. The van der Waals surface area contributed by atoms with Crippen molar-refractivity contribution >= 4 is 17.7 Å². The minimum Gasteiger partial charge on any atom is -0.504 e. The van der Waals surface area contributed by atoms with E-state index in [-0.39, 0.29) is 53.7 Å². The molecule has 1 amide bonds. The van der Waals surface area contributed by atoms with Gasteiger partial charge in [-0.2, -0.15) is 5.10 Å². The highest BCUT2D eigenvalue weighted by Crippen LogP contribution is 2.33. The zero-order valence-electron chi connectivity index (χ0n) is 23.2. The summed E-state index contributed by atoms with van der Waals surface area (Å²) in [6.45, 7) is -0.126. The average Bonchev–Trinajstić information content (AvgIpc) is 3.44. The first-order valence-corrected chi connectivity index (χ1v) is 13.2. The first kappa shape index (κ1) is 29.6. The summed E-state index contributed by atoms with van der Waals surface area (Å²) in [6.07, 6.45) is 10.9. The number of aromatic amines is 1. The number of carbonyl (C=O) groups excluding carboxylic acids is 1. The van der Waals surface area contributed by atoms with E-state index < -0.39 is 11.5 Å². The minimum absolute atomic E-state index is 0.0900. The van der Waals surface area contributed by atoms with E-state index in [1.54, 1.807) is 23.5 Å². The van der Waals surface area contributed by atoms with Crippen LogP contribution >= 0.6 is 0 Å². The molecular weight excluding hydrogens is 564 g/mol. The van der Waals surface area contributed by atoms with Gasteiger partial charge in [-0.3, -0.25) is 19.8 Å². The van der Waals surface area contributed by atoms with E-state index in [1.807, 2.05) is 0 Å². The summed E-state index contributed by atoms with van der Waals surface area (Å²) in [5.41, 5.74) is 0.460. The van der Waals surface area contributed by atoms with Gasteiger partial charge in [-0.05, 0) is 25.7 Å². The molecule has 0 spiro atoms. The largest absolute Gasteiger partial charge is 0.504 e. The number of nitrogens with one attached hydrogen (secondary N) is 2.